The number of hydrogen-bond acceptors (Lipinski definition) is 17. The Labute approximate surface area is 348 Å². The summed E-state index contributed by atoms with van der Waals surface area (Å²) in [6.45, 7) is 8.29. The van der Waals surface area contributed by atoms with Crippen LogP contribution in [0.3, 0.4) is 0 Å². The molecule has 0 atom stereocenters. The SMILES string of the molecule is CC(C)(C)OC(=O)N1CCC(Nc2nonc2-c2noc(=O)n2-c2ccc(F)c(Br)c2)CC1.O=c1onc(-c2nonc2NC2CCNCC2)n1-c1ccc(F)c(Br)c1. The van der Waals surface area contributed by atoms with E-state index in [0.717, 1.165) is 30.5 Å². The van der Waals surface area contributed by atoms with Crippen LogP contribution in [-0.2, 0) is 4.74 Å². The van der Waals surface area contributed by atoms with Crippen LogP contribution in [0.5, 0.6) is 0 Å². The Morgan fingerprint density at radius 2 is 1.20 bits per heavy atom. The molecule has 6 heterocycles. The first-order chi connectivity index (χ1) is 28.3. The molecule has 59 heavy (non-hydrogen) atoms. The summed E-state index contributed by atoms with van der Waals surface area (Å²) in [5, 5.41) is 32.9. The Morgan fingerprint density at radius 3 is 1.64 bits per heavy atom. The summed E-state index contributed by atoms with van der Waals surface area (Å²) in [7, 11) is 0. The third-order valence-electron chi connectivity index (χ3n) is 9.10. The Kier molecular flexibility index (Phi) is 12.4. The van der Waals surface area contributed by atoms with Crippen molar-refractivity contribution in [3.63, 3.8) is 0 Å². The second kappa shape index (κ2) is 17.6. The smallest absolute Gasteiger partial charge is 0.444 e. The molecule has 20 nitrogen and oxygen atoms in total. The zero-order valence-electron chi connectivity index (χ0n) is 31.6. The first-order valence-electron chi connectivity index (χ1n) is 18.2. The minimum absolute atomic E-state index is 0.0265. The summed E-state index contributed by atoms with van der Waals surface area (Å²) in [5.74, 6) is -1.62. The molecule has 1 amide bonds. The van der Waals surface area contributed by atoms with Gasteiger partial charge in [0.05, 0.1) is 20.3 Å². The highest BCUT2D eigenvalue weighted by molar-refractivity contribution is 9.10. The van der Waals surface area contributed by atoms with Crippen LogP contribution in [0.1, 0.15) is 46.5 Å². The molecule has 2 fully saturated rings. The fourth-order valence-corrected chi connectivity index (χ4v) is 6.98. The van der Waals surface area contributed by atoms with Gasteiger partial charge >= 0.3 is 17.6 Å². The van der Waals surface area contributed by atoms with E-state index in [-0.39, 0.29) is 56.0 Å². The second-order valence-electron chi connectivity index (χ2n) is 14.4. The highest BCUT2D eigenvalue weighted by Gasteiger charge is 2.30. The number of halogens is 4. The first-order valence-corrected chi connectivity index (χ1v) is 19.8. The van der Waals surface area contributed by atoms with Crippen LogP contribution < -0.4 is 27.5 Å². The van der Waals surface area contributed by atoms with Gasteiger partial charge in [-0.2, -0.15) is 0 Å². The molecule has 0 unspecified atom stereocenters. The minimum Gasteiger partial charge on any atom is -0.444 e. The van der Waals surface area contributed by atoms with Crippen molar-refractivity contribution >= 4 is 49.6 Å². The molecular formula is C35H36Br2F2N12O8. The van der Waals surface area contributed by atoms with E-state index in [2.05, 4.69) is 78.8 Å². The maximum atomic E-state index is 13.6. The molecule has 0 radical (unpaired) electrons. The molecule has 0 spiro atoms. The molecule has 8 rings (SSSR count). The zero-order chi connectivity index (χ0) is 41.8. The molecule has 2 aliphatic rings. The van der Waals surface area contributed by atoms with E-state index >= 15 is 0 Å². The molecule has 0 bridgehead atoms. The molecule has 3 N–H and O–H groups in total. The Hall–Kier alpha value is -5.75. The van der Waals surface area contributed by atoms with Gasteiger partial charge in [-0.15, -0.1) is 0 Å². The van der Waals surface area contributed by atoms with Crippen LogP contribution in [0, 0.1) is 11.6 Å². The van der Waals surface area contributed by atoms with E-state index in [9.17, 15) is 23.2 Å². The number of nitrogens with zero attached hydrogens (tertiary/aromatic N) is 9. The summed E-state index contributed by atoms with van der Waals surface area (Å²) >= 11 is 6.21. The van der Waals surface area contributed by atoms with Crippen molar-refractivity contribution in [1.82, 2.24) is 50.3 Å². The lowest BCUT2D eigenvalue weighted by Gasteiger charge is -2.33. The normalized spacial score (nSPS) is 15.1. The molecule has 24 heteroatoms. The maximum Gasteiger partial charge on any atom is 0.446 e. The summed E-state index contributed by atoms with van der Waals surface area (Å²) in [4.78, 5) is 38.4. The van der Waals surface area contributed by atoms with Gasteiger partial charge < -0.3 is 25.6 Å². The van der Waals surface area contributed by atoms with E-state index in [1.165, 1.54) is 41.0 Å². The molecule has 6 aromatic rings. The van der Waals surface area contributed by atoms with E-state index in [1.54, 1.807) is 4.90 Å². The van der Waals surface area contributed by atoms with Gasteiger partial charge in [0.25, 0.3) is 0 Å². The number of piperidine rings is 2. The molecule has 2 aliphatic heterocycles. The highest BCUT2D eigenvalue weighted by atomic mass is 79.9. The summed E-state index contributed by atoms with van der Waals surface area (Å²) in [5.41, 5.74) is 0.547. The summed E-state index contributed by atoms with van der Waals surface area (Å²) in [6, 6.07) is 8.34. The molecule has 0 saturated carbocycles. The number of carbonyl (C=O) groups excluding carboxylic acids is 1. The predicted molar refractivity (Wildman–Crippen MR) is 210 cm³/mol. The van der Waals surface area contributed by atoms with Crippen LogP contribution in [0.15, 0.2) is 73.2 Å². The van der Waals surface area contributed by atoms with E-state index in [1.807, 2.05) is 20.8 Å². The summed E-state index contributed by atoms with van der Waals surface area (Å²) < 4.78 is 54.6. The molecule has 312 valence electrons. The maximum absolute atomic E-state index is 13.6. The minimum atomic E-state index is -0.775. The van der Waals surface area contributed by atoms with Gasteiger partial charge in [0.1, 0.15) is 17.2 Å². The van der Waals surface area contributed by atoms with E-state index < -0.39 is 28.7 Å². The number of aromatic nitrogens is 8. The Bertz CT molecular complexity index is 2530. The zero-order valence-corrected chi connectivity index (χ0v) is 34.8. The lowest BCUT2D eigenvalue weighted by molar-refractivity contribution is 0.0210. The molecule has 2 aromatic carbocycles. The van der Waals surface area contributed by atoms with Crippen molar-refractivity contribution in [2.75, 3.05) is 36.8 Å². The Morgan fingerprint density at radius 1 is 0.746 bits per heavy atom. The van der Waals surface area contributed by atoms with Gasteiger partial charge in [0.15, 0.2) is 11.4 Å². The number of amides is 1. The number of likely N-dealkylation sites (tertiary alicyclic amines) is 1. The number of anilines is 2. The van der Waals surface area contributed by atoms with Crippen molar-refractivity contribution < 1.29 is 36.6 Å². The quantitative estimate of drug-likeness (QED) is 0.170. The largest absolute Gasteiger partial charge is 0.446 e. The number of hydrogen-bond donors (Lipinski definition) is 3. The Balaban J connectivity index is 0.000000184. The predicted octanol–water partition coefficient (Wildman–Crippen LogP) is 5.53. The first kappa shape index (κ1) is 41.4. The third-order valence-corrected chi connectivity index (χ3v) is 10.3. The standard InChI is InChI=1S/C20H22BrFN6O5.C15H14BrFN6O3/c1-20(2,3)31-18(29)27-8-6-11(7-9-27)23-16-15(24-33-25-16)17-26-32-19(30)28(17)12-4-5-14(22)13(21)10-12;16-10-7-9(1-2-11(10)17)23-14(22-25-15(23)24)12-13(21-26-20-12)19-8-3-5-18-6-4-8/h4-5,10-11H,6-9H2,1-3H3,(H,23,25);1-2,7-8,18H,3-6H2,(H,19,21). The average molecular weight is 951 g/mol. The number of carbonyl (C=O) groups is 1. The van der Waals surface area contributed by atoms with Crippen molar-refractivity contribution in [3.8, 4) is 34.4 Å². The van der Waals surface area contributed by atoms with Gasteiger partial charge in [0.2, 0.25) is 23.3 Å². The molecule has 4 aromatic heterocycles. The van der Waals surface area contributed by atoms with Gasteiger partial charge in [-0.25, -0.2) is 41.6 Å². The average Bonchev–Trinajstić information content (AvgIpc) is 4.02. The van der Waals surface area contributed by atoms with Crippen molar-refractivity contribution in [2.45, 2.75) is 64.1 Å². The van der Waals surface area contributed by atoms with Gasteiger partial charge in [-0.3, -0.25) is 9.05 Å². The van der Waals surface area contributed by atoms with Gasteiger partial charge in [0, 0.05) is 25.2 Å². The van der Waals surface area contributed by atoms with Gasteiger partial charge in [-0.05, 0) is 148 Å². The fraction of sp³-hybridized carbons (Fsp3) is 0.400. The highest BCUT2D eigenvalue weighted by Crippen LogP contribution is 2.29. The number of ether oxygens (including phenoxy) is 1. The van der Waals surface area contributed by atoms with Crippen LogP contribution in [0.4, 0.5) is 25.2 Å². The second-order valence-corrected chi connectivity index (χ2v) is 16.1. The number of rotatable bonds is 8. The monoisotopic (exact) mass is 948 g/mol. The summed E-state index contributed by atoms with van der Waals surface area (Å²) in [6.07, 6.45) is 2.78. The van der Waals surface area contributed by atoms with Crippen LogP contribution in [0.2, 0.25) is 0 Å². The lowest BCUT2D eigenvalue weighted by atomic mass is 10.1. The van der Waals surface area contributed by atoms with Crippen molar-refractivity contribution in [2.24, 2.45) is 0 Å². The fourth-order valence-electron chi connectivity index (χ4n) is 6.25. The topological polar surface area (TPSA) is 240 Å². The van der Waals surface area contributed by atoms with E-state index in [0.29, 0.717) is 43.1 Å². The third kappa shape index (κ3) is 9.60. The molecule has 2 saturated heterocycles. The molecule has 0 aliphatic carbocycles. The van der Waals surface area contributed by atoms with Crippen LogP contribution in [-0.4, -0.2) is 94.9 Å². The molecular weight excluding hydrogens is 914 g/mol. The van der Waals surface area contributed by atoms with Crippen LogP contribution in [0.25, 0.3) is 34.4 Å². The van der Waals surface area contributed by atoms with Crippen LogP contribution >= 0.6 is 31.9 Å². The number of nitrogens with one attached hydrogen (secondary N) is 3. The lowest BCUT2D eigenvalue weighted by Crippen LogP contribution is -2.44. The van der Waals surface area contributed by atoms with Crippen molar-refractivity contribution in [3.05, 3.63) is 78.1 Å². The van der Waals surface area contributed by atoms with E-state index in [4.69, 9.17) is 23.0 Å². The van der Waals surface area contributed by atoms with Crippen molar-refractivity contribution in [1.29, 1.82) is 0 Å². The van der Waals surface area contributed by atoms with Gasteiger partial charge in [-0.1, -0.05) is 10.3 Å². The number of benzene rings is 2.